The maximum absolute atomic E-state index is 14.0. The number of nitrogens with one attached hydrogen (secondary N) is 2. The highest BCUT2D eigenvalue weighted by atomic mass is 127. The van der Waals surface area contributed by atoms with Crippen molar-refractivity contribution < 1.29 is 26.4 Å². The number of halogens is 1. The number of carboxylic acid groups (broad SMARTS) is 1. The van der Waals surface area contributed by atoms with Crippen LogP contribution in [0.5, 0.6) is 0 Å². The quantitative estimate of drug-likeness (QED) is 0.119. The molecule has 1 amide bonds. The number of hydrogen-bond donors (Lipinski definition) is 3. The Hall–Kier alpha value is -7.05. The summed E-state index contributed by atoms with van der Waals surface area (Å²) in [6.45, 7) is 34.7. The molecule has 2 saturated heterocycles. The van der Waals surface area contributed by atoms with Crippen molar-refractivity contribution >= 4 is 69.9 Å². The van der Waals surface area contributed by atoms with E-state index in [1.807, 2.05) is 11.0 Å². The van der Waals surface area contributed by atoms with Crippen molar-refractivity contribution in [3.63, 3.8) is 0 Å². The summed E-state index contributed by atoms with van der Waals surface area (Å²) in [7, 11) is 0. The third-order valence-corrected chi connectivity index (χ3v) is 17.6. The molecule has 0 atom stereocenters. The van der Waals surface area contributed by atoms with Crippen molar-refractivity contribution in [1.82, 2.24) is 76.1 Å². The average molecular weight is 1290 g/mol. The Kier molecular flexibility index (Phi) is 18.2. The molecule has 12 rings (SSSR count). The molecule has 4 aliphatic rings. The molecule has 0 spiro atoms. The van der Waals surface area contributed by atoms with Crippen LogP contribution in [0.2, 0.25) is 0 Å². The summed E-state index contributed by atoms with van der Waals surface area (Å²) in [5.41, 5.74) is 8.97. The SMILES string of the molecule is CC1(C)CCC(c2cc(C(C)(C)C)c3oc(C(=O)N4CCN(c5ncc(-c6nn[nH]n6)cn5)CC4(C)C)cc3n2)CC1.CC1(C)CCC(c2cc(C(C)(C)C)c3oc(C(=O)O)cc3n2)CC1.CC1(C)CCCN(c2ncc(-c3nn[nH]n3)cn2)C1.I.[HH].[HH]. The van der Waals surface area contributed by atoms with Gasteiger partial charge >= 0.3 is 5.97 Å². The zero-order valence-electron chi connectivity index (χ0n) is 52.6. The van der Waals surface area contributed by atoms with Crippen molar-refractivity contribution in [3.8, 4) is 22.8 Å². The van der Waals surface area contributed by atoms with Gasteiger partial charge in [-0.1, -0.05) is 83.1 Å². The van der Waals surface area contributed by atoms with Crippen LogP contribution in [0.4, 0.5) is 11.9 Å². The topological polar surface area (TPSA) is 277 Å². The Balaban J connectivity index is 0.000000204. The third-order valence-electron chi connectivity index (χ3n) is 17.6. The number of pyridine rings is 2. The van der Waals surface area contributed by atoms with Gasteiger partial charge in [0.2, 0.25) is 29.3 Å². The Morgan fingerprint density at radius 1 is 0.581 bits per heavy atom. The predicted octanol–water partition coefficient (Wildman–Crippen LogP) is 13.4. The van der Waals surface area contributed by atoms with Crippen LogP contribution in [0.1, 0.15) is 219 Å². The highest BCUT2D eigenvalue weighted by Crippen LogP contribution is 2.46. The fourth-order valence-corrected chi connectivity index (χ4v) is 12.4. The van der Waals surface area contributed by atoms with E-state index in [1.54, 1.807) is 30.9 Å². The number of aromatic carboxylic acids is 1. The van der Waals surface area contributed by atoms with Gasteiger partial charge in [-0.3, -0.25) is 4.79 Å². The fourth-order valence-electron chi connectivity index (χ4n) is 12.4. The first-order chi connectivity index (χ1) is 40.0. The lowest BCUT2D eigenvalue weighted by molar-refractivity contribution is 0.0482. The fraction of sp³-hybridized carbons (Fsp3) is 0.587. The minimum absolute atomic E-state index is 0. The van der Waals surface area contributed by atoms with Crippen molar-refractivity contribution in [2.45, 2.75) is 189 Å². The molecule has 4 fully saturated rings. The van der Waals surface area contributed by atoms with Crippen LogP contribution in [0.3, 0.4) is 0 Å². The van der Waals surface area contributed by atoms with Crippen LogP contribution >= 0.6 is 24.0 Å². The zero-order valence-corrected chi connectivity index (χ0v) is 54.9. The number of carboxylic acids is 1. The van der Waals surface area contributed by atoms with E-state index in [4.69, 9.17) is 18.8 Å². The van der Waals surface area contributed by atoms with Gasteiger partial charge in [-0.25, -0.2) is 34.7 Å². The lowest BCUT2D eigenvalue weighted by Crippen LogP contribution is -2.61. The van der Waals surface area contributed by atoms with Gasteiger partial charge in [0.15, 0.2) is 16.9 Å². The summed E-state index contributed by atoms with van der Waals surface area (Å²) in [5.74, 6) is 2.37. The zero-order chi connectivity index (χ0) is 60.9. The number of piperidine rings is 1. The van der Waals surface area contributed by atoms with Crippen molar-refractivity contribution in [2.24, 2.45) is 16.2 Å². The van der Waals surface area contributed by atoms with Crippen molar-refractivity contribution in [1.29, 1.82) is 0 Å². The summed E-state index contributed by atoms with van der Waals surface area (Å²) in [6, 6.07) is 7.78. The van der Waals surface area contributed by atoms with E-state index in [1.165, 1.54) is 38.5 Å². The van der Waals surface area contributed by atoms with Crippen LogP contribution in [0, 0.1) is 16.2 Å². The first kappa shape index (κ1) is 63.5. The third kappa shape index (κ3) is 14.5. The van der Waals surface area contributed by atoms with E-state index in [-0.39, 0.29) is 49.3 Å². The van der Waals surface area contributed by atoms with E-state index in [0.717, 1.165) is 83.9 Å². The second-order valence-electron chi connectivity index (χ2n) is 28.9. The number of aromatic nitrogens is 14. The highest BCUT2D eigenvalue weighted by Gasteiger charge is 2.40. The average Bonchev–Trinajstić information content (AvgIpc) is 1.58. The van der Waals surface area contributed by atoms with Gasteiger partial charge in [0.1, 0.15) is 11.0 Å². The molecule has 2 aliphatic carbocycles. The molecule has 22 nitrogen and oxygen atoms in total. The van der Waals surface area contributed by atoms with Gasteiger partial charge < -0.3 is 28.6 Å². The molecule has 0 unspecified atom stereocenters. The van der Waals surface area contributed by atoms with E-state index in [9.17, 15) is 14.7 Å². The molecule has 0 radical (unpaired) electrons. The van der Waals surface area contributed by atoms with E-state index >= 15 is 0 Å². The molecular weight excluding hydrogens is 1200 g/mol. The second-order valence-corrected chi connectivity index (χ2v) is 28.9. The standard InChI is InChI=1S/C31H41N9O2.C20H27NO3.C12H17N7.HI.2H2/c1-29(2,3)21-14-22(19-8-10-30(4,5)11-9-19)34-23-15-24(42-25(21)23)27(41)40-13-12-39(18-31(40,6)7)28-32-16-20(17-33-28)26-35-37-38-36-26;1-19(2,3)13-10-14(12-6-8-20(4,5)9-7-12)21-15-11-16(18(22)23)24-17(13)15;1-12(2)4-3-5-19(8-12)11-13-6-9(7-14-11)10-15-17-18-16-10;;;/h14-17,19H,8-13,18H2,1-7H3,(H,35,36,37,38);10-12H,6-9H2,1-5H3,(H,22,23);6-7H,3-5,8H2,1-2H3,(H,15,16,17,18);3*1H. The van der Waals surface area contributed by atoms with Gasteiger partial charge in [0.05, 0.1) is 16.7 Å². The number of piperazine rings is 1. The molecule has 2 saturated carbocycles. The molecule has 0 bridgehead atoms. The molecule has 23 heteroatoms. The molecule has 3 N–H and O–H groups in total. The minimum atomic E-state index is -1.05. The number of rotatable bonds is 8. The number of H-pyrrole nitrogens is 2. The number of hydrogen-bond acceptors (Lipinski definition) is 18. The van der Waals surface area contributed by atoms with Crippen LogP contribution in [0.25, 0.3) is 45.0 Å². The summed E-state index contributed by atoms with van der Waals surface area (Å²) in [6.07, 6.45) is 18.7. The monoisotopic (exact) mass is 1290 g/mol. The first-order valence-corrected chi connectivity index (χ1v) is 30.1. The largest absolute Gasteiger partial charge is 0.475 e. The number of anilines is 2. The number of carbonyl (C=O) groups excluding carboxylic acids is 1. The lowest BCUT2D eigenvalue weighted by Gasteiger charge is -2.46. The Morgan fingerprint density at radius 3 is 1.41 bits per heavy atom. The molecule has 464 valence electrons. The van der Waals surface area contributed by atoms with E-state index < -0.39 is 11.5 Å². The normalized spacial score (nSPS) is 18.8. The maximum Gasteiger partial charge on any atom is 0.371 e. The number of amides is 1. The first-order valence-electron chi connectivity index (χ1n) is 30.1. The van der Waals surface area contributed by atoms with Gasteiger partial charge in [-0.05, 0) is 128 Å². The number of furan rings is 2. The number of aromatic amines is 2. The number of nitrogens with zero attached hydrogens (tertiary/aromatic N) is 15. The van der Waals surface area contributed by atoms with E-state index in [2.05, 4.69) is 180 Å². The lowest BCUT2D eigenvalue weighted by atomic mass is 9.72. The van der Waals surface area contributed by atoms with Crippen LogP contribution in [0.15, 0.2) is 57.9 Å². The van der Waals surface area contributed by atoms with Crippen LogP contribution in [-0.2, 0) is 10.8 Å². The Labute approximate surface area is 523 Å². The van der Waals surface area contributed by atoms with Crippen LogP contribution < -0.4 is 9.80 Å². The van der Waals surface area contributed by atoms with Crippen LogP contribution in [-0.4, -0.2) is 131 Å². The highest BCUT2D eigenvalue weighted by molar-refractivity contribution is 14.0. The predicted molar refractivity (Wildman–Crippen MR) is 345 cm³/mol. The summed E-state index contributed by atoms with van der Waals surface area (Å²) >= 11 is 0. The molecular formula is C63H90IN17O5. The summed E-state index contributed by atoms with van der Waals surface area (Å²) in [4.78, 5) is 59.2. The minimum Gasteiger partial charge on any atom is -0.475 e. The molecule has 0 aromatic carbocycles. The van der Waals surface area contributed by atoms with Crippen molar-refractivity contribution in [2.75, 3.05) is 42.5 Å². The smallest absolute Gasteiger partial charge is 0.371 e. The molecule has 86 heavy (non-hydrogen) atoms. The summed E-state index contributed by atoms with van der Waals surface area (Å²) in [5, 5.41) is 37.0. The number of tetrazole rings is 2. The molecule has 8 aromatic heterocycles. The van der Waals surface area contributed by atoms with Crippen molar-refractivity contribution in [3.05, 3.63) is 83.1 Å². The van der Waals surface area contributed by atoms with Gasteiger partial charge in [-0.15, -0.1) is 44.4 Å². The Bertz CT molecular complexity index is 3610. The molecule has 10 heterocycles. The summed E-state index contributed by atoms with van der Waals surface area (Å²) < 4.78 is 12.0. The Morgan fingerprint density at radius 2 is 1.01 bits per heavy atom. The van der Waals surface area contributed by atoms with Gasteiger partial charge in [0.25, 0.3) is 5.91 Å². The van der Waals surface area contributed by atoms with Gasteiger partial charge in [-0.2, -0.15) is 10.4 Å². The maximum atomic E-state index is 14.0. The number of fused-ring (bicyclic) bond motifs is 2. The number of carbonyl (C=O) groups is 2. The molecule has 8 aromatic rings. The van der Waals surface area contributed by atoms with Gasteiger partial charge in [0, 0.05) is 107 Å². The molecule has 2 aliphatic heterocycles. The van der Waals surface area contributed by atoms with E-state index in [0.29, 0.717) is 87.7 Å². The second kappa shape index (κ2) is 24.6.